The van der Waals surface area contributed by atoms with Crippen molar-refractivity contribution in [1.29, 1.82) is 0 Å². The molecule has 0 spiro atoms. The third kappa shape index (κ3) is 5.55. The molecule has 2 aliphatic heterocycles. The predicted octanol–water partition coefficient (Wildman–Crippen LogP) is 4.56. The maximum absolute atomic E-state index is 12.8. The smallest absolute Gasteiger partial charge is 0.162 e. The number of aryl methyl sites for hydroxylation is 1. The molecule has 1 N–H and O–H groups in total. The van der Waals surface area contributed by atoms with E-state index in [4.69, 9.17) is 0 Å². The summed E-state index contributed by atoms with van der Waals surface area (Å²) in [5.74, 6) is 1.04. The molecule has 0 atom stereocenters. The van der Waals surface area contributed by atoms with Crippen LogP contribution in [0.5, 0.6) is 0 Å². The van der Waals surface area contributed by atoms with Crippen molar-refractivity contribution in [1.82, 2.24) is 10.2 Å². The number of carbonyl (C=O) groups is 1. The van der Waals surface area contributed by atoms with Gasteiger partial charge in [-0.05, 0) is 80.8 Å². The zero-order valence-corrected chi connectivity index (χ0v) is 17.8. The molecule has 4 rings (SSSR count). The van der Waals surface area contributed by atoms with Crippen molar-refractivity contribution in [2.45, 2.75) is 52.0 Å². The first-order valence-corrected chi connectivity index (χ1v) is 11.3. The van der Waals surface area contributed by atoms with Crippen LogP contribution >= 0.6 is 0 Å². The van der Waals surface area contributed by atoms with Crippen molar-refractivity contribution < 1.29 is 4.79 Å². The summed E-state index contributed by atoms with van der Waals surface area (Å²) in [5.41, 5.74) is 6.42. The van der Waals surface area contributed by atoms with E-state index in [0.717, 1.165) is 63.5 Å². The van der Waals surface area contributed by atoms with E-state index >= 15 is 0 Å². The highest BCUT2D eigenvalue weighted by atomic mass is 16.1. The Morgan fingerprint density at radius 1 is 1.00 bits per heavy atom. The summed E-state index contributed by atoms with van der Waals surface area (Å²) >= 11 is 0. The molecule has 0 aromatic heterocycles. The topological polar surface area (TPSA) is 32.3 Å². The van der Waals surface area contributed by atoms with Gasteiger partial charge in [0.15, 0.2) is 5.78 Å². The molecule has 1 fully saturated rings. The van der Waals surface area contributed by atoms with Crippen LogP contribution in [0.2, 0.25) is 0 Å². The fourth-order valence-electron chi connectivity index (χ4n) is 4.70. The number of ketones is 1. The first-order valence-electron chi connectivity index (χ1n) is 11.3. The van der Waals surface area contributed by atoms with Crippen LogP contribution in [0.1, 0.15) is 58.3 Å². The molecular formula is C26H34N2O. The van der Waals surface area contributed by atoms with Crippen LogP contribution in [0.25, 0.3) is 0 Å². The van der Waals surface area contributed by atoms with Crippen molar-refractivity contribution in [2.24, 2.45) is 5.92 Å². The largest absolute Gasteiger partial charge is 0.317 e. The van der Waals surface area contributed by atoms with Gasteiger partial charge in [0.1, 0.15) is 0 Å². The summed E-state index contributed by atoms with van der Waals surface area (Å²) in [6.07, 6.45) is 6.29. The summed E-state index contributed by atoms with van der Waals surface area (Å²) in [5, 5.41) is 3.41. The molecule has 0 aliphatic carbocycles. The normalized spacial score (nSPS) is 18.2. The lowest BCUT2D eigenvalue weighted by Crippen LogP contribution is -2.28. The molecule has 0 bridgehead atoms. The first-order chi connectivity index (χ1) is 14.2. The highest BCUT2D eigenvalue weighted by Crippen LogP contribution is 2.23. The second-order valence-electron chi connectivity index (χ2n) is 8.90. The zero-order valence-electron chi connectivity index (χ0n) is 17.8. The van der Waals surface area contributed by atoms with Crippen molar-refractivity contribution in [2.75, 3.05) is 26.2 Å². The second-order valence-corrected chi connectivity index (χ2v) is 8.90. The van der Waals surface area contributed by atoms with Gasteiger partial charge in [-0.25, -0.2) is 0 Å². The van der Waals surface area contributed by atoms with Gasteiger partial charge in [0.25, 0.3) is 0 Å². The maximum atomic E-state index is 12.8. The molecule has 3 nitrogen and oxygen atoms in total. The molecule has 0 unspecified atom stereocenters. The van der Waals surface area contributed by atoms with E-state index < -0.39 is 0 Å². The van der Waals surface area contributed by atoms with Gasteiger partial charge in [0, 0.05) is 31.6 Å². The minimum Gasteiger partial charge on any atom is -0.317 e. The molecule has 0 radical (unpaired) electrons. The lowest BCUT2D eigenvalue weighted by molar-refractivity contribution is 0.0970. The molecular weight excluding hydrogens is 356 g/mol. The average molecular weight is 391 g/mol. The molecule has 2 aromatic rings. The summed E-state index contributed by atoms with van der Waals surface area (Å²) in [4.78, 5) is 15.3. The second kappa shape index (κ2) is 9.69. The Balaban J connectivity index is 1.34. The maximum Gasteiger partial charge on any atom is 0.162 e. The molecule has 3 heteroatoms. The number of hydrogen-bond donors (Lipinski definition) is 1. The third-order valence-corrected chi connectivity index (χ3v) is 6.69. The fraction of sp³-hybridized carbons (Fsp3) is 0.500. The number of carbonyl (C=O) groups excluding carboxylic acids is 1. The van der Waals surface area contributed by atoms with E-state index in [2.05, 4.69) is 59.6 Å². The summed E-state index contributed by atoms with van der Waals surface area (Å²) < 4.78 is 0. The summed E-state index contributed by atoms with van der Waals surface area (Å²) in [6.45, 7) is 7.51. The Morgan fingerprint density at radius 2 is 1.72 bits per heavy atom. The van der Waals surface area contributed by atoms with Gasteiger partial charge in [-0.2, -0.15) is 0 Å². The number of hydrogen-bond acceptors (Lipinski definition) is 3. The number of fused-ring (bicyclic) bond motifs is 1. The van der Waals surface area contributed by atoms with Gasteiger partial charge in [0.05, 0.1) is 0 Å². The number of Topliss-reactive ketones (excluding diaryl/α,β-unsaturated/α-hetero) is 1. The predicted molar refractivity (Wildman–Crippen MR) is 119 cm³/mol. The first kappa shape index (κ1) is 20.3. The van der Waals surface area contributed by atoms with Crippen molar-refractivity contribution in [3.8, 4) is 0 Å². The summed E-state index contributed by atoms with van der Waals surface area (Å²) in [6, 6.07) is 15.4. The quantitative estimate of drug-likeness (QED) is 0.734. The van der Waals surface area contributed by atoms with Crippen molar-refractivity contribution in [3.63, 3.8) is 0 Å². The molecule has 0 amide bonds. The van der Waals surface area contributed by atoms with E-state index in [1.165, 1.54) is 35.1 Å². The minimum absolute atomic E-state index is 0.326. The van der Waals surface area contributed by atoms with Gasteiger partial charge in [-0.15, -0.1) is 0 Å². The van der Waals surface area contributed by atoms with Gasteiger partial charge >= 0.3 is 0 Å². The van der Waals surface area contributed by atoms with Gasteiger partial charge in [-0.3, -0.25) is 9.69 Å². The highest BCUT2D eigenvalue weighted by Gasteiger charge is 2.18. The standard InChI is InChI=1S/C26H34N2O/c1-20-2-4-22(5-3-20)19-28-16-12-23-7-8-25(18-24(23)13-17-28)26(29)9-6-21-10-14-27-15-11-21/h2-5,7-8,18,21,27H,6,9-17,19H2,1H3. The van der Waals surface area contributed by atoms with E-state index in [1.807, 2.05) is 0 Å². The van der Waals surface area contributed by atoms with E-state index in [-0.39, 0.29) is 0 Å². The number of rotatable bonds is 6. The van der Waals surface area contributed by atoms with E-state index in [0.29, 0.717) is 12.2 Å². The Hall–Kier alpha value is -1.97. The van der Waals surface area contributed by atoms with Crippen molar-refractivity contribution in [3.05, 3.63) is 70.3 Å². The SMILES string of the molecule is Cc1ccc(CN2CCc3ccc(C(=O)CCC4CCNCC4)cc3CC2)cc1. The van der Waals surface area contributed by atoms with Crippen LogP contribution < -0.4 is 5.32 Å². The van der Waals surface area contributed by atoms with Crippen LogP contribution in [0.4, 0.5) is 0 Å². The Kier molecular flexibility index (Phi) is 6.78. The number of nitrogens with one attached hydrogen (secondary N) is 1. The third-order valence-electron chi connectivity index (χ3n) is 6.69. The number of nitrogens with zero attached hydrogens (tertiary/aromatic N) is 1. The lowest BCUT2D eigenvalue weighted by Gasteiger charge is -2.22. The molecule has 2 aromatic carbocycles. The molecule has 29 heavy (non-hydrogen) atoms. The average Bonchev–Trinajstić information content (AvgIpc) is 2.96. The van der Waals surface area contributed by atoms with Crippen LogP contribution in [0, 0.1) is 12.8 Å². The fourth-order valence-corrected chi connectivity index (χ4v) is 4.70. The van der Waals surface area contributed by atoms with E-state index in [1.54, 1.807) is 0 Å². The van der Waals surface area contributed by atoms with Crippen LogP contribution in [0.3, 0.4) is 0 Å². The zero-order chi connectivity index (χ0) is 20.1. The number of piperidine rings is 1. The Labute approximate surface area is 175 Å². The molecule has 154 valence electrons. The molecule has 2 aliphatic rings. The number of benzene rings is 2. The van der Waals surface area contributed by atoms with Gasteiger partial charge < -0.3 is 5.32 Å². The minimum atomic E-state index is 0.326. The van der Waals surface area contributed by atoms with Crippen LogP contribution in [-0.2, 0) is 19.4 Å². The lowest BCUT2D eigenvalue weighted by atomic mass is 9.90. The van der Waals surface area contributed by atoms with Crippen LogP contribution in [0.15, 0.2) is 42.5 Å². The summed E-state index contributed by atoms with van der Waals surface area (Å²) in [7, 11) is 0. The van der Waals surface area contributed by atoms with Crippen LogP contribution in [-0.4, -0.2) is 36.9 Å². The monoisotopic (exact) mass is 390 g/mol. The highest BCUT2D eigenvalue weighted by molar-refractivity contribution is 5.96. The Bertz CT molecular complexity index is 821. The van der Waals surface area contributed by atoms with Gasteiger partial charge in [-0.1, -0.05) is 42.0 Å². The van der Waals surface area contributed by atoms with Crippen molar-refractivity contribution >= 4 is 5.78 Å². The Morgan fingerprint density at radius 3 is 2.48 bits per heavy atom. The molecule has 0 saturated carbocycles. The molecule has 2 heterocycles. The van der Waals surface area contributed by atoms with E-state index in [9.17, 15) is 4.79 Å². The van der Waals surface area contributed by atoms with Gasteiger partial charge in [0.2, 0.25) is 0 Å². The molecule has 1 saturated heterocycles.